The fraction of sp³-hybridized carbons (Fsp3) is 0.455. The van der Waals surface area contributed by atoms with Gasteiger partial charge in [-0.15, -0.1) is 11.6 Å². The fourth-order valence-electron chi connectivity index (χ4n) is 1.96. The smallest absolute Gasteiger partial charge is 0.0522 e. The summed E-state index contributed by atoms with van der Waals surface area (Å²) in [6.07, 6.45) is 0. The van der Waals surface area contributed by atoms with E-state index in [-0.39, 0.29) is 4.87 Å². The van der Waals surface area contributed by atoms with Gasteiger partial charge in [0.25, 0.3) is 0 Å². The van der Waals surface area contributed by atoms with Crippen molar-refractivity contribution in [2.45, 2.75) is 24.6 Å². The first-order chi connectivity index (χ1) is 5.64. The van der Waals surface area contributed by atoms with E-state index in [1.165, 1.54) is 5.56 Å². The second-order valence-corrected chi connectivity index (χ2v) is 4.64. The molecule has 2 rings (SSSR count). The molecule has 3 unspecified atom stereocenters. The van der Waals surface area contributed by atoms with E-state index in [0.717, 1.165) is 0 Å². The topological polar surface area (TPSA) is 0 Å². The zero-order valence-electron chi connectivity index (χ0n) is 7.42. The number of rotatable bonds is 1. The third-order valence-corrected chi connectivity index (χ3v) is 3.63. The van der Waals surface area contributed by atoms with Crippen molar-refractivity contribution >= 4 is 11.6 Å². The maximum atomic E-state index is 6.29. The summed E-state index contributed by atoms with van der Waals surface area (Å²) in [6, 6.07) is 10.5. The van der Waals surface area contributed by atoms with Crippen LogP contribution >= 0.6 is 11.6 Å². The second-order valence-electron chi connectivity index (χ2n) is 3.83. The molecular formula is C11H13Cl. The van der Waals surface area contributed by atoms with Gasteiger partial charge in [-0.05, 0) is 18.4 Å². The molecular weight excluding hydrogens is 168 g/mol. The Balaban J connectivity index is 2.25. The highest BCUT2D eigenvalue weighted by molar-refractivity contribution is 6.27. The van der Waals surface area contributed by atoms with E-state index in [1.54, 1.807) is 0 Å². The number of alkyl halides is 1. The van der Waals surface area contributed by atoms with Gasteiger partial charge in [0.1, 0.15) is 0 Å². The lowest BCUT2D eigenvalue weighted by molar-refractivity contribution is 0.866. The van der Waals surface area contributed by atoms with E-state index >= 15 is 0 Å². The van der Waals surface area contributed by atoms with Crippen molar-refractivity contribution < 1.29 is 0 Å². The lowest BCUT2D eigenvalue weighted by Crippen LogP contribution is -1.93. The Morgan fingerprint density at radius 1 is 1.25 bits per heavy atom. The van der Waals surface area contributed by atoms with E-state index in [1.807, 2.05) is 6.07 Å². The predicted octanol–water partition coefficient (Wildman–Crippen LogP) is 3.42. The first-order valence-corrected chi connectivity index (χ1v) is 4.75. The average Bonchev–Trinajstić information content (AvgIpc) is 2.53. The molecule has 0 heterocycles. The Morgan fingerprint density at radius 2 is 1.75 bits per heavy atom. The summed E-state index contributed by atoms with van der Waals surface area (Å²) in [4.78, 5) is 0.00134. The van der Waals surface area contributed by atoms with Crippen LogP contribution in [0.3, 0.4) is 0 Å². The predicted molar refractivity (Wildman–Crippen MR) is 52.6 cm³/mol. The van der Waals surface area contributed by atoms with Crippen LogP contribution < -0.4 is 0 Å². The van der Waals surface area contributed by atoms with Crippen LogP contribution in [0.5, 0.6) is 0 Å². The van der Waals surface area contributed by atoms with Gasteiger partial charge in [-0.2, -0.15) is 0 Å². The lowest BCUT2D eigenvalue weighted by atomic mass is 10.1. The molecule has 1 fully saturated rings. The molecule has 1 aliphatic carbocycles. The first-order valence-electron chi connectivity index (χ1n) is 4.38. The molecule has 12 heavy (non-hydrogen) atoms. The van der Waals surface area contributed by atoms with Crippen molar-refractivity contribution in [3.8, 4) is 0 Å². The molecule has 3 atom stereocenters. The molecule has 1 aromatic rings. The van der Waals surface area contributed by atoms with Crippen molar-refractivity contribution in [1.82, 2.24) is 0 Å². The second kappa shape index (κ2) is 2.50. The summed E-state index contributed by atoms with van der Waals surface area (Å²) >= 11 is 6.29. The summed E-state index contributed by atoms with van der Waals surface area (Å²) in [6.45, 7) is 4.33. The van der Waals surface area contributed by atoms with Crippen LogP contribution in [0.1, 0.15) is 25.3 Å². The minimum atomic E-state index is 0.00134. The first kappa shape index (κ1) is 8.12. The molecule has 0 N–H and O–H groups in total. The molecule has 0 aliphatic heterocycles. The molecule has 0 saturated heterocycles. The summed E-state index contributed by atoms with van der Waals surface area (Å²) < 4.78 is 0. The van der Waals surface area contributed by atoms with Crippen LogP contribution in [0.15, 0.2) is 30.3 Å². The zero-order chi connectivity index (χ0) is 8.77. The molecule has 1 saturated carbocycles. The molecule has 0 amide bonds. The van der Waals surface area contributed by atoms with Crippen LogP contribution in [0, 0.1) is 5.92 Å². The van der Waals surface area contributed by atoms with E-state index in [0.29, 0.717) is 11.8 Å². The van der Waals surface area contributed by atoms with Crippen molar-refractivity contribution in [3.63, 3.8) is 0 Å². The van der Waals surface area contributed by atoms with Gasteiger partial charge < -0.3 is 0 Å². The normalized spacial score (nSPS) is 39.6. The van der Waals surface area contributed by atoms with Crippen molar-refractivity contribution in [2.75, 3.05) is 0 Å². The quantitative estimate of drug-likeness (QED) is 0.581. The fourth-order valence-corrected chi connectivity index (χ4v) is 2.34. The Hall–Kier alpha value is -0.490. The summed E-state index contributed by atoms with van der Waals surface area (Å²) in [7, 11) is 0. The highest BCUT2D eigenvalue weighted by atomic mass is 35.5. The van der Waals surface area contributed by atoms with Gasteiger partial charge in [0.2, 0.25) is 0 Å². The minimum Gasteiger partial charge on any atom is -0.119 e. The molecule has 0 bridgehead atoms. The molecule has 0 spiro atoms. The Labute approximate surface area is 78.6 Å². The maximum absolute atomic E-state index is 6.29. The lowest BCUT2D eigenvalue weighted by Gasteiger charge is -1.99. The van der Waals surface area contributed by atoms with Gasteiger partial charge in [-0.1, -0.05) is 37.3 Å². The number of hydrogen-bond donors (Lipinski definition) is 0. The van der Waals surface area contributed by atoms with E-state index in [4.69, 9.17) is 11.6 Å². The van der Waals surface area contributed by atoms with Crippen molar-refractivity contribution in [3.05, 3.63) is 35.9 Å². The summed E-state index contributed by atoms with van der Waals surface area (Å²) in [5, 5.41) is 0. The average molecular weight is 181 g/mol. The van der Waals surface area contributed by atoms with Gasteiger partial charge in [0.15, 0.2) is 0 Å². The van der Waals surface area contributed by atoms with Crippen LogP contribution in [0.4, 0.5) is 0 Å². The third-order valence-electron chi connectivity index (χ3n) is 3.05. The highest BCUT2D eigenvalue weighted by Gasteiger charge is 2.57. The van der Waals surface area contributed by atoms with Crippen LogP contribution in [-0.4, -0.2) is 4.87 Å². The minimum absolute atomic E-state index is 0.00134. The summed E-state index contributed by atoms with van der Waals surface area (Å²) in [5.41, 5.74) is 1.38. The van der Waals surface area contributed by atoms with Gasteiger partial charge >= 0.3 is 0 Å². The zero-order valence-corrected chi connectivity index (χ0v) is 8.18. The highest BCUT2D eigenvalue weighted by Crippen LogP contribution is 2.61. The molecule has 64 valence electrons. The van der Waals surface area contributed by atoms with Gasteiger partial charge in [0, 0.05) is 5.92 Å². The van der Waals surface area contributed by atoms with Crippen LogP contribution in [-0.2, 0) is 0 Å². The summed E-state index contributed by atoms with van der Waals surface area (Å²) in [5.74, 6) is 1.17. The standard InChI is InChI=1S/C11H13Cl/c1-8-10(11(8,2)12)9-6-4-3-5-7-9/h3-8,10H,1-2H3. The van der Waals surface area contributed by atoms with E-state index in [2.05, 4.69) is 38.1 Å². The van der Waals surface area contributed by atoms with Crippen LogP contribution in [0.2, 0.25) is 0 Å². The maximum Gasteiger partial charge on any atom is 0.0522 e. The monoisotopic (exact) mass is 180 g/mol. The molecule has 0 aromatic heterocycles. The largest absolute Gasteiger partial charge is 0.119 e. The third kappa shape index (κ3) is 1.06. The Kier molecular flexibility index (Phi) is 1.69. The van der Waals surface area contributed by atoms with E-state index in [9.17, 15) is 0 Å². The number of halogens is 1. The molecule has 1 heteroatoms. The van der Waals surface area contributed by atoms with Crippen molar-refractivity contribution in [2.24, 2.45) is 5.92 Å². The Bertz CT molecular complexity index is 276. The van der Waals surface area contributed by atoms with Gasteiger partial charge in [-0.25, -0.2) is 0 Å². The van der Waals surface area contributed by atoms with Crippen LogP contribution in [0.25, 0.3) is 0 Å². The molecule has 0 nitrogen and oxygen atoms in total. The van der Waals surface area contributed by atoms with Gasteiger partial charge in [0.05, 0.1) is 4.87 Å². The van der Waals surface area contributed by atoms with Gasteiger partial charge in [-0.3, -0.25) is 0 Å². The number of hydrogen-bond acceptors (Lipinski definition) is 0. The Morgan fingerprint density at radius 3 is 2.17 bits per heavy atom. The molecule has 1 aliphatic rings. The molecule has 0 radical (unpaired) electrons. The molecule has 1 aromatic carbocycles. The van der Waals surface area contributed by atoms with E-state index < -0.39 is 0 Å². The van der Waals surface area contributed by atoms with Crippen molar-refractivity contribution in [1.29, 1.82) is 0 Å². The number of benzene rings is 1. The SMILES string of the molecule is CC1C(c2ccccc2)C1(C)Cl.